The molecule has 1 heterocycles. The second-order valence-electron chi connectivity index (χ2n) is 2.68. The fraction of sp³-hybridized carbons (Fsp3) is 1.00. The second-order valence-corrected chi connectivity index (χ2v) is 4.01. The van der Waals surface area contributed by atoms with E-state index in [0.29, 0.717) is 11.8 Å². The summed E-state index contributed by atoms with van der Waals surface area (Å²) in [4.78, 5) is 0. The maximum absolute atomic E-state index is 12.8. The van der Waals surface area contributed by atoms with Gasteiger partial charge in [0.05, 0.1) is 18.0 Å². The van der Waals surface area contributed by atoms with Gasteiger partial charge in [-0.05, 0) is 0 Å². The number of aliphatic hydroxyl groups is 4. The lowest BCUT2D eigenvalue weighted by molar-refractivity contribution is -0.0828. The van der Waals surface area contributed by atoms with Gasteiger partial charge in [0.15, 0.2) is 5.50 Å². The first-order chi connectivity index (χ1) is 5.57. The molecular weight excluding hydrogens is 187 g/mol. The van der Waals surface area contributed by atoms with Crippen LogP contribution in [-0.2, 0) is 0 Å². The van der Waals surface area contributed by atoms with Crippen LogP contribution in [0.2, 0.25) is 0 Å². The Hall–Kier alpha value is 0.120. The summed E-state index contributed by atoms with van der Waals surface area (Å²) in [6.45, 7) is -0.421. The van der Waals surface area contributed by atoms with Gasteiger partial charge in [0.2, 0.25) is 0 Å². The molecule has 1 unspecified atom stereocenters. The molecule has 4 nitrogen and oxygen atoms in total. The predicted molar refractivity (Wildman–Crippen MR) is 41.4 cm³/mol. The number of hydrogen-bond donors (Lipinski definition) is 4. The standard InChI is InChI=1S/C6H11FO4S/c7-6-5(11)4(10)3(9)2(1-8)12-6/h2-6,8-11H,1H2/t2-,3-,4+,5-,6?/m1/s1. The van der Waals surface area contributed by atoms with E-state index in [0.717, 1.165) is 0 Å². The van der Waals surface area contributed by atoms with Crippen molar-refractivity contribution in [1.82, 2.24) is 0 Å². The van der Waals surface area contributed by atoms with E-state index < -0.39 is 35.7 Å². The van der Waals surface area contributed by atoms with Crippen LogP contribution in [0.4, 0.5) is 4.39 Å². The minimum Gasteiger partial charge on any atom is -0.395 e. The maximum Gasteiger partial charge on any atom is 0.174 e. The van der Waals surface area contributed by atoms with Crippen LogP contribution in [0.5, 0.6) is 0 Å². The molecule has 0 aromatic rings. The number of halogens is 1. The lowest BCUT2D eigenvalue weighted by Gasteiger charge is -2.35. The molecule has 0 aromatic carbocycles. The Balaban J connectivity index is 2.63. The normalized spacial score (nSPS) is 49.2. The van der Waals surface area contributed by atoms with Crippen molar-refractivity contribution in [2.45, 2.75) is 29.1 Å². The van der Waals surface area contributed by atoms with Crippen LogP contribution in [0.1, 0.15) is 0 Å². The number of aliphatic hydroxyl groups excluding tert-OH is 4. The summed E-state index contributed by atoms with van der Waals surface area (Å²) < 4.78 is 12.8. The van der Waals surface area contributed by atoms with Gasteiger partial charge in [0, 0.05) is 0 Å². The summed E-state index contributed by atoms with van der Waals surface area (Å²) in [5.41, 5.74) is -1.65. The molecule has 1 fully saturated rings. The first-order valence-electron chi connectivity index (χ1n) is 3.52. The van der Waals surface area contributed by atoms with Gasteiger partial charge in [-0.3, -0.25) is 0 Å². The molecule has 0 spiro atoms. The van der Waals surface area contributed by atoms with Crippen molar-refractivity contribution in [3.63, 3.8) is 0 Å². The highest BCUT2D eigenvalue weighted by atomic mass is 32.2. The van der Waals surface area contributed by atoms with Crippen LogP contribution in [0, 0.1) is 0 Å². The highest BCUT2D eigenvalue weighted by Gasteiger charge is 2.43. The zero-order valence-electron chi connectivity index (χ0n) is 6.17. The molecule has 1 aliphatic heterocycles. The fourth-order valence-electron chi connectivity index (χ4n) is 1.06. The van der Waals surface area contributed by atoms with Crippen molar-refractivity contribution in [3.8, 4) is 0 Å². The largest absolute Gasteiger partial charge is 0.395 e. The maximum atomic E-state index is 12.8. The highest BCUT2D eigenvalue weighted by molar-refractivity contribution is 8.00. The van der Waals surface area contributed by atoms with Gasteiger partial charge in [0.1, 0.15) is 12.2 Å². The number of hydrogen-bond acceptors (Lipinski definition) is 5. The monoisotopic (exact) mass is 198 g/mol. The molecule has 0 aliphatic carbocycles. The first-order valence-corrected chi connectivity index (χ1v) is 4.46. The SMILES string of the molecule is OC[C@H]1SC(F)[C@H](O)[C@@H](O)[C@@H]1O. The molecule has 0 bridgehead atoms. The van der Waals surface area contributed by atoms with E-state index >= 15 is 0 Å². The molecule has 6 heteroatoms. The van der Waals surface area contributed by atoms with Gasteiger partial charge in [0.25, 0.3) is 0 Å². The Labute approximate surface area is 73.0 Å². The van der Waals surface area contributed by atoms with Crippen LogP contribution < -0.4 is 0 Å². The van der Waals surface area contributed by atoms with Gasteiger partial charge in [-0.2, -0.15) is 0 Å². The molecule has 1 aliphatic rings. The number of thioether (sulfide) groups is 1. The minimum atomic E-state index is -1.65. The van der Waals surface area contributed by atoms with Crippen molar-refractivity contribution < 1.29 is 24.8 Å². The van der Waals surface area contributed by atoms with E-state index in [2.05, 4.69) is 0 Å². The third-order valence-corrected chi connectivity index (χ3v) is 3.15. The van der Waals surface area contributed by atoms with Gasteiger partial charge in [-0.1, -0.05) is 0 Å². The number of rotatable bonds is 1. The smallest absolute Gasteiger partial charge is 0.174 e. The van der Waals surface area contributed by atoms with E-state index in [1.807, 2.05) is 0 Å². The molecule has 0 saturated carbocycles. The Morgan fingerprint density at radius 3 is 2.17 bits per heavy atom. The van der Waals surface area contributed by atoms with Crippen molar-refractivity contribution >= 4 is 11.8 Å². The summed E-state index contributed by atoms with van der Waals surface area (Å²) >= 11 is 0.630. The number of alkyl halides is 1. The molecule has 1 saturated heterocycles. The third kappa shape index (κ3) is 1.72. The van der Waals surface area contributed by atoms with Crippen molar-refractivity contribution in [1.29, 1.82) is 0 Å². The van der Waals surface area contributed by atoms with Crippen LogP contribution in [0.3, 0.4) is 0 Å². The van der Waals surface area contributed by atoms with Crippen molar-refractivity contribution in [2.75, 3.05) is 6.61 Å². The van der Waals surface area contributed by atoms with Gasteiger partial charge in [-0.25, -0.2) is 4.39 Å². The molecule has 12 heavy (non-hydrogen) atoms. The van der Waals surface area contributed by atoms with Crippen molar-refractivity contribution in [2.24, 2.45) is 0 Å². The first kappa shape index (κ1) is 10.2. The van der Waals surface area contributed by atoms with E-state index in [1.54, 1.807) is 0 Å². The van der Waals surface area contributed by atoms with E-state index in [4.69, 9.17) is 20.4 Å². The Bertz CT molecular complexity index is 154. The van der Waals surface area contributed by atoms with E-state index in [-0.39, 0.29) is 0 Å². The fourth-order valence-corrected chi connectivity index (χ4v) is 2.12. The summed E-state index contributed by atoms with van der Waals surface area (Å²) in [6.07, 6.45) is -4.37. The van der Waals surface area contributed by atoms with Crippen LogP contribution >= 0.6 is 11.8 Å². The molecule has 1 rings (SSSR count). The van der Waals surface area contributed by atoms with E-state index in [1.165, 1.54) is 0 Å². The Morgan fingerprint density at radius 1 is 1.08 bits per heavy atom. The Morgan fingerprint density at radius 2 is 1.67 bits per heavy atom. The van der Waals surface area contributed by atoms with Gasteiger partial charge in [-0.15, -0.1) is 11.8 Å². The quantitative estimate of drug-likeness (QED) is 0.411. The predicted octanol–water partition coefficient (Wildman–Crippen LogP) is -1.53. The summed E-state index contributed by atoms with van der Waals surface area (Å²) in [7, 11) is 0. The second kappa shape index (κ2) is 3.89. The molecule has 4 N–H and O–H groups in total. The summed E-state index contributed by atoms with van der Waals surface area (Å²) in [5, 5.41) is 35.0. The molecule has 5 atom stereocenters. The molecule has 72 valence electrons. The molecule has 0 amide bonds. The Kier molecular flexibility index (Phi) is 3.30. The summed E-state index contributed by atoms with van der Waals surface area (Å²) in [5.74, 6) is 0. The van der Waals surface area contributed by atoms with Crippen molar-refractivity contribution in [3.05, 3.63) is 0 Å². The van der Waals surface area contributed by atoms with Crippen LogP contribution in [0.15, 0.2) is 0 Å². The van der Waals surface area contributed by atoms with Crippen LogP contribution in [0.25, 0.3) is 0 Å². The molecular formula is C6H11FO4S. The zero-order chi connectivity index (χ0) is 9.30. The van der Waals surface area contributed by atoms with Gasteiger partial charge < -0.3 is 20.4 Å². The topological polar surface area (TPSA) is 80.9 Å². The lowest BCUT2D eigenvalue weighted by Crippen LogP contribution is -2.52. The lowest BCUT2D eigenvalue weighted by atomic mass is 10.1. The summed E-state index contributed by atoms with van der Waals surface area (Å²) in [6, 6.07) is 0. The third-order valence-electron chi connectivity index (χ3n) is 1.83. The average molecular weight is 198 g/mol. The minimum absolute atomic E-state index is 0.421. The average Bonchev–Trinajstić information content (AvgIpc) is 2.08. The van der Waals surface area contributed by atoms with Gasteiger partial charge >= 0.3 is 0 Å². The molecule has 0 aromatic heterocycles. The highest BCUT2D eigenvalue weighted by Crippen LogP contribution is 2.33. The zero-order valence-corrected chi connectivity index (χ0v) is 6.99. The molecule has 0 radical (unpaired) electrons. The van der Waals surface area contributed by atoms with Crippen LogP contribution in [-0.4, -0.2) is 56.1 Å². The van der Waals surface area contributed by atoms with E-state index in [9.17, 15) is 4.39 Å².